The first kappa shape index (κ1) is 11.3. The van der Waals surface area contributed by atoms with Crippen LogP contribution in [0.25, 0.3) is 11.0 Å². The summed E-state index contributed by atoms with van der Waals surface area (Å²) in [7, 11) is 0. The highest BCUT2D eigenvalue weighted by Gasteiger charge is 2.13. The third-order valence-electron chi connectivity index (χ3n) is 3.03. The van der Waals surface area contributed by atoms with E-state index < -0.39 is 0 Å². The number of imidazole rings is 1. The van der Waals surface area contributed by atoms with Crippen molar-refractivity contribution < 1.29 is 0 Å². The standard InChI is InChI=1S/C12H15N3.ClH/c1-4-8-15(9-5-1)12-13-10-6-2-3-7-11(10)14-12;/h2-3,6-7H,1,4-5,8-9H2,(H,13,14);1H. The average molecular weight is 238 g/mol. The van der Waals surface area contributed by atoms with Crippen LogP contribution in [0.3, 0.4) is 0 Å². The molecule has 1 saturated heterocycles. The van der Waals surface area contributed by atoms with Crippen molar-refractivity contribution in [3.05, 3.63) is 24.3 Å². The molecule has 0 atom stereocenters. The molecule has 4 heteroatoms. The molecule has 0 radical (unpaired) electrons. The quantitative estimate of drug-likeness (QED) is 0.827. The number of piperidine rings is 1. The van der Waals surface area contributed by atoms with Gasteiger partial charge in [-0.05, 0) is 31.4 Å². The Morgan fingerprint density at radius 1 is 1.06 bits per heavy atom. The van der Waals surface area contributed by atoms with Crippen LogP contribution < -0.4 is 4.90 Å². The van der Waals surface area contributed by atoms with Gasteiger partial charge in [0.05, 0.1) is 11.0 Å². The topological polar surface area (TPSA) is 31.9 Å². The van der Waals surface area contributed by atoms with E-state index in [0.29, 0.717) is 0 Å². The predicted octanol–water partition coefficient (Wildman–Crippen LogP) is 2.98. The number of aromatic amines is 1. The van der Waals surface area contributed by atoms with Gasteiger partial charge in [-0.3, -0.25) is 0 Å². The second-order valence-electron chi connectivity index (χ2n) is 4.13. The smallest absolute Gasteiger partial charge is 0.203 e. The summed E-state index contributed by atoms with van der Waals surface area (Å²) in [5.74, 6) is 1.04. The van der Waals surface area contributed by atoms with Crippen LogP contribution >= 0.6 is 12.4 Å². The Kier molecular flexibility index (Phi) is 3.34. The summed E-state index contributed by atoms with van der Waals surface area (Å²) < 4.78 is 0. The summed E-state index contributed by atoms with van der Waals surface area (Å²) in [5.41, 5.74) is 2.20. The van der Waals surface area contributed by atoms with Crippen LogP contribution in [0, 0.1) is 0 Å². The molecule has 2 heterocycles. The van der Waals surface area contributed by atoms with Gasteiger partial charge in [0, 0.05) is 13.1 Å². The summed E-state index contributed by atoms with van der Waals surface area (Å²) in [6.07, 6.45) is 3.94. The number of para-hydroxylation sites is 2. The minimum absolute atomic E-state index is 0. The molecule has 2 aromatic rings. The lowest BCUT2D eigenvalue weighted by Crippen LogP contribution is -2.30. The van der Waals surface area contributed by atoms with Gasteiger partial charge in [0.25, 0.3) is 0 Å². The Labute approximate surface area is 101 Å². The van der Waals surface area contributed by atoms with Crippen molar-refractivity contribution in [3.8, 4) is 0 Å². The molecule has 1 fully saturated rings. The normalized spacial score (nSPS) is 16.1. The zero-order chi connectivity index (χ0) is 10.1. The molecule has 1 aliphatic rings. The van der Waals surface area contributed by atoms with E-state index in [9.17, 15) is 0 Å². The van der Waals surface area contributed by atoms with Crippen molar-refractivity contribution in [2.75, 3.05) is 18.0 Å². The Balaban J connectivity index is 0.000000963. The van der Waals surface area contributed by atoms with Gasteiger partial charge in [-0.2, -0.15) is 0 Å². The molecule has 16 heavy (non-hydrogen) atoms. The van der Waals surface area contributed by atoms with Crippen LogP contribution in [-0.2, 0) is 0 Å². The molecule has 0 unspecified atom stereocenters. The Morgan fingerprint density at radius 3 is 2.56 bits per heavy atom. The van der Waals surface area contributed by atoms with Gasteiger partial charge in [0.1, 0.15) is 0 Å². The molecule has 0 bridgehead atoms. The van der Waals surface area contributed by atoms with Crippen molar-refractivity contribution in [2.45, 2.75) is 19.3 Å². The van der Waals surface area contributed by atoms with E-state index in [1.807, 2.05) is 12.1 Å². The number of aromatic nitrogens is 2. The van der Waals surface area contributed by atoms with E-state index >= 15 is 0 Å². The van der Waals surface area contributed by atoms with Gasteiger partial charge < -0.3 is 9.88 Å². The van der Waals surface area contributed by atoms with Gasteiger partial charge in [0.15, 0.2) is 0 Å². The van der Waals surface area contributed by atoms with Crippen LogP contribution in [-0.4, -0.2) is 23.1 Å². The van der Waals surface area contributed by atoms with E-state index in [4.69, 9.17) is 0 Å². The van der Waals surface area contributed by atoms with Crippen molar-refractivity contribution in [1.82, 2.24) is 9.97 Å². The third kappa shape index (κ3) is 2.00. The van der Waals surface area contributed by atoms with Crippen LogP contribution in [0.4, 0.5) is 5.95 Å². The number of H-pyrrole nitrogens is 1. The third-order valence-corrected chi connectivity index (χ3v) is 3.03. The number of rotatable bonds is 1. The van der Waals surface area contributed by atoms with E-state index in [1.54, 1.807) is 0 Å². The van der Waals surface area contributed by atoms with Gasteiger partial charge in [-0.1, -0.05) is 12.1 Å². The Bertz CT molecular complexity index is 427. The molecule has 0 amide bonds. The Hall–Kier alpha value is -1.22. The van der Waals surface area contributed by atoms with Crippen molar-refractivity contribution in [1.29, 1.82) is 0 Å². The van der Waals surface area contributed by atoms with Gasteiger partial charge >= 0.3 is 0 Å². The monoisotopic (exact) mass is 237 g/mol. The fourth-order valence-electron chi connectivity index (χ4n) is 2.19. The summed E-state index contributed by atoms with van der Waals surface area (Å²) in [4.78, 5) is 10.3. The molecule has 0 aliphatic carbocycles. The molecular weight excluding hydrogens is 222 g/mol. The first-order valence-electron chi connectivity index (χ1n) is 5.63. The van der Waals surface area contributed by atoms with Crippen molar-refractivity contribution in [2.24, 2.45) is 0 Å². The largest absolute Gasteiger partial charge is 0.342 e. The van der Waals surface area contributed by atoms with E-state index in [-0.39, 0.29) is 12.4 Å². The highest BCUT2D eigenvalue weighted by molar-refractivity contribution is 5.85. The minimum Gasteiger partial charge on any atom is -0.342 e. The number of anilines is 1. The number of nitrogens with one attached hydrogen (secondary N) is 1. The minimum atomic E-state index is 0. The van der Waals surface area contributed by atoms with Gasteiger partial charge in [-0.15, -0.1) is 12.4 Å². The predicted molar refractivity (Wildman–Crippen MR) is 69.4 cm³/mol. The molecule has 1 aromatic heterocycles. The summed E-state index contributed by atoms with van der Waals surface area (Å²) in [5, 5.41) is 0. The number of hydrogen-bond donors (Lipinski definition) is 1. The maximum absolute atomic E-state index is 4.61. The molecule has 3 rings (SSSR count). The molecule has 0 spiro atoms. The molecule has 1 aliphatic heterocycles. The fourth-order valence-corrected chi connectivity index (χ4v) is 2.19. The lowest BCUT2D eigenvalue weighted by molar-refractivity contribution is 0.570. The highest BCUT2D eigenvalue weighted by atomic mass is 35.5. The number of benzene rings is 1. The van der Waals surface area contributed by atoms with E-state index in [0.717, 1.165) is 30.1 Å². The maximum atomic E-state index is 4.61. The van der Waals surface area contributed by atoms with Gasteiger partial charge in [-0.25, -0.2) is 4.98 Å². The first-order chi connectivity index (χ1) is 7.43. The average Bonchev–Trinajstić information content (AvgIpc) is 2.74. The lowest BCUT2D eigenvalue weighted by Gasteiger charge is -2.25. The summed E-state index contributed by atoms with van der Waals surface area (Å²) >= 11 is 0. The number of fused-ring (bicyclic) bond motifs is 1. The second-order valence-corrected chi connectivity index (χ2v) is 4.13. The lowest BCUT2D eigenvalue weighted by atomic mass is 10.1. The van der Waals surface area contributed by atoms with Crippen molar-refractivity contribution in [3.63, 3.8) is 0 Å². The Morgan fingerprint density at radius 2 is 1.81 bits per heavy atom. The molecular formula is C12H16ClN3. The molecule has 1 N–H and O–H groups in total. The summed E-state index contributed by atoms with van der Waals surface area (Å²) in [6.45, 7) is 2.28. The maximum Gasteiger partial charge on any atom is 0.203 e. The van der Waals surface area contributed by atoms with E-state index in [2.05, 4.69) is 27.0 Å². The second kappa shape index (κ2) is 4.74. The van der Waals surface area contributed by atoms with Crippen molar-refractivity contribution >= 4 is 29.4 Å². The molecule has 3 nitrogen and oxygen atoms in total. The SMILES string of the molecule is Cl.c1ccc2[nH]c(N3CCCCC3)nc2c1. The number of halogens is 1. The van der Waals surface area contributed by atoms with Crippen LogP contribution in [0.2, 0.25) is 0 Å². The molecule has 86 valence electrons. The first-order valence-corrected chi connectivity index (χ1v) is 5.63. The fraction of sp³-hybridized carbons (Fsp3) is 0.417. The zero-order valence-electron chi connectivity index (χ0n) is 9.15. The zero-order valence-corrected chi connectivity index (χ0v) is 9.96. The van der Waals surface area contributed by atoms with Gasteiger partial charge in [0.2, 0.25) is 5.95 Å². The summed E-state index contributed by atoms with van der Waals surface area (Å²) in [6, 6.07) is 8.21. The number of hydrogen-bond acceptors (Lipinski definition) is 2. The van der Waals surface area contributed by atoms with Crippen LogP contribution in [0.5, 0.6) is 0 Å². The van der Waals surface area contributed by atoms with Crippen LogP contribution in [0.1, 0.15) is 19.3 Å². The number of nitrogens with zero attached hydrogens (tertiary/aromatic N) is 2. The molecule has 0 saturated carbocycles. The van der Waals surface area contributed by atoms with Crippen LogP contribution in [0.15, 0.2) is 24.3 Å². The van der Waals surface area contributed by atoms with E-state index in [1.165, 1.54) is 19.3 Å². The molecule has 1 aromatic carbocycles. The highest BCUT2D eigenvalue weighted by Crippen LogP contribution is 2.20.